The number of H-pyrrole nitrogens is 1. The first-order valence-corrected chi connectivity index (χ1v) is 7.64. The fourth-order valence-corrected chi connectivity index (χ4v) is 2.63. The average Bonchev–Trinajstić information content (AvgIpc) is 2.69. The minimum absolute atomic E-state index is 0.229. The van der Waals surface area contributed by atoms with Gasteiger partial charge in [-0.15, -0.1) is 0 Å². The Kier molecular flexibility index (Phi) is 3.16. The molecule has 0 saturated carbocycles. The van der Waals surface area contributed by atoms with Crippen molar-refractivity contribution in [2.24, 2.45) is 11.7 Å². The summed E-state index contributed by atoms with van der Waals surface area (Å²) in [5, 5.41) is 0. The van der Waals surface area contributed by atoms with Crippen LogP contribution < -0.4 is 5.73 Å². The highest BCUT2D eigenvalue weighted by atomic mass is 32.2. The van der Waals surface area contributed by atoms with E-state index in [0.29, 0.717) is 16.9 Å². The van der Waals surface area contributed by atoms with Gasteiger partial charge in [0, 0.05) is 6.26 Å². The minimum Gasteiger partial charge on any atom is -0.341 e. The molecule has 1 unspecified atom stereocenters. The van der Waals surface area contributed by atoms with E-state index >= 15 is 0 Å². The molecule has 0 spiro atoms. The van der Waals surface area contributed by atoms with Gasteiger partial charge in [-0.05, 0) is 18.1 Å². The Morgan fingerprint density at radius 1 is 1.33 bits per heavy atom. The predicted octanol–water partition coefficient (Wildman–Crippen LogP) is 1.62. The van der Waals surface area contributed by atoms with Gasteiger partial charge in [-0.25, -0.2) is 13.4 Å². The van der Waals surface area contributed by atoms with Crippen LogP contribution in [0.1, 0.15) is 25.7 Å². The van der Waals surface area contributed by atoms with Crippen molar-refractivity contribution in [3.8, 4) is 0 Å². The van der Waals surface area contributed by atoms with Crippen LogP contribution in [0.4, 0.5) is 0 Å². The van der Waals surface area contributed by atoms with E-state index in [4.69, 9.17) is 5.73 Å². The Bertz CT molecular complexity index is 674. The molecule has 1 atom stereocenters. The number of nitrogens with one attached hydrogen (secondary N) is 1. The second kappa shape index (κ2) is 4.37. The molecule has 6 heteroatoms. The largest absolute Gasteiger partial charge is 0.341 e. The van der Waals surface area contributed by atoms with Crippen molar-refractivity contribution in [3.63, 3.8) is 0 Å². The van der Waals surface area contributed by atoms with Crippen LogP contribution in [0.2, 0.25) is 0 Å². The van der Waals surface area contributed by atoms with Crippen LogP contribution in [-0.2, 0) is 9.84 Å². The first-order valence-electron chi connectivity index (χ1n) is 5.75. The van der Waals surface area contributed by atoms with Crippen molar-refractivity contribution >= 4 is 20.9 Å². The van der Waals surface area contributed by atoms with Crippen molar-refractivity contribution in [2.75, 3.05) is 6.26 Å². The molecule has 1 aromatic carbocycles. The highest BCUT2D eigenvalue weighted by Gasteiger charge is 2.19. The fraction of sp³-hybridized carbons (Fsp3) is 0.417. The molecule has 2 aromatic rings. The number of benzene rings is 1. The van der Waals surface area contributed by atoms with Gasteiger partial charge in [0.25, 0.3) is 0 Å². The highest BCUT2D eigenvalue weighted by molar-refractivity contribution is 7.91. The monoisotopic (exact) mass is 267 g/mol. The molecule has 1 aromatic heterocycles. The third kappa shape index (κ3) is 2.26. The SMILES string of the molecule is CC(C)C(N)c1nc2c(S(C)(=O)=O)cccc2[nH]1. The van der Waals surface area contributed by atoms with Gasteiger partial charge in [0.05, 0.1) is 16.5 Å². The number of nitrogens with zero attached hydrogens (tertiary/aromatic N) is 1. The summed E-state index contributed by atoms with van der Waals surface area (Å²) in [6.07, 6.45) is 1.18. The van der Waals surface area contributed by atoms with E-state index in [-0.39, 0.29) is 16.9 Å². The average molecular weight is 267 g/mol. The van der Waals surface area contributed by atoms with Gasteiger partial charge in [0.15, 0.2) is 9.84 Å². The van der Waals surface area contributed by atoms with Crippen LogP contribution in [-0.4, -0.2) is 24.6 Å². The van der Waals surface area contributed by atoms with E-state index in [1.165, 1.54) is 6.26 Å². The summed E-state index contributed by atoms with van der Waals surface area (Å²) < 4.78 is 23.3. The van der Waals surface area contributed by atoms with Crippen molar-refractivity contribution in [1.82, 2.24) is 9.97 Å². The first-order chi connectivity index (χ1) is 8.30. The molecule has 0 aliphatic heterocycles. The number of rotatable bonds is 3. The molecule has 0 amide bonds. The Morgan fingerprint density at radius 2 is 2.00 bits per heavy atom. The zero-order valence-corrected chi connectivity index (χ0v) is 11.5. The van der Waals surface area contributed by atoms with E-state index in [9.17, 15) is 8.42 Å². The number of fused-ring (bicyclic) bond motifs is 1. The predicted molar refractivity (Wildman–Crippen MR) is 71.0 cm³/mol. The molecule has 2 rings (SSSR count). The van der Waals surface area contributed by atoms with Gasteiger partial charge >= 0.3 is 0 Å². The van der Waals surface area contributed by atoms with Gasteiger partial charge in [0.2, 0.25) is 0 Å². The van der Waals surface area contributed by atoms with Crippen molar-refractivity contribution in [1.29, 1.82) is 0 Å². The summed E-state index contributed by atoms with van der Waals surface area (Å²) in [5.41, 5.74) is 7.18. The minimum atomic E-state index is -3.29. The molecule has 5 nitrogen and oxygen atoms in total. The molecule has 0 saturated heterocycles. The molecule has 3 N–H and O–H groups in total. The van der Waals surface area contributed by atoms with Gasteiger partial charge in [-0.1, -0.05) is 19.9 Å². The number of sulfone groups is 1. The Labute approximate surface area is 106 Å². The Morgan fingerprint density at radius 3 is 2.56 bits per heavy atom. The number of nitrogens with two attached hydrogens (primary N) is 1. The fourth-order valence-electron chi connectivity index (χ4n) is 1.80. The number of hydrogen-bond acceptors (Lipinski definition) is 4. The van der Waals surface area contributed by atoms with Crippen molar-refractivity contribution in [2.45, 2.75) is 24.8 Å². The number of para-hydroxylation sites is 1. The molecule has 0 fully saturated rings. The lowest BCUT2D eigenvalue weighted by molar-refractivity contribution is 0.495. The molecular formula is C12H17N3O2S. The van der Waals surface area contributed by atoms with E-state index in [0.717, 1.165) is 0 Å². The topological polar surface area (TPSA) is 88.8 Å². The second-order valence-electron chi connectivity index (χ2n) is 4.82. The molecule has 98 valence electrons. The summed E-state index contributed by atoms with van der Waals surface area (Å²) in [6, 6.07) is 4.82. The quantitative estimate of drug-likeness (QED) is 0.884. The van der Waals surface area contributed by atoms with Crippen LogP contribution in [0.5, 0.6) is 0 Å². The maximum absolute atomic E-state index is 11.7. The standard InChI is InChI=1S/C12H17N3O2S/c1-7(2)10(13)12-14-8-5-4-6-9(11(8)15-12)18(3,16)17/h4-7,10H,13H2,1-3H3,(H,14,15). The van der Waals surface area contributed by atoms with Crippen LogP contribution in [0.25, 0.3) is 11.0 Å². The molecule has 18 heavy (non-hydrogen) atoms. The second-order valence-corrected chi connectivity index (χ2v) is 6.80. The third-order valence-electron chi connectivity index (χ3n) is 2.93. The zero-order valence-electron chi connectivity index (χ0n) is 10.6. The van der Waals surface area contributed by atoms with Gasteiger partial charge in [0.1, 0.15) is 11.3 Å². The smallest absolute Gasteiger partial charge is 0.177 e. The molecule has 0 radical (unpaired) electrons. The van der Waals surface area contributed by atoms with E-state index in [2.05, 4.69) is 9.97 Å². The summed E-state index contributed by atoms with van der Waals surface area (Å²) in [4.78, 5) is 7.66. The Hall–Kier alpha value is -1.40. The van der Waals surface area contributed by atoms with Crippen LogP contribution in [0.15, 0.2) is 23.1 Å². The third-order valence-corrected chi connectivity index (χ3v) is 4.06. The maximum atomic E-state index is 11.7. The lowest BCUT2D eigenvalue weighted by atomic mass is 10.1. The summed E-state index contributed by atoms with van der Waals surface area (Å²) in [5.74, 6) is 0.850. The van der Waals surface area contributed by atoms with E-state index < -0.39 is 9.84 Å². The normalized spacial score (nSPS) is 14.3. The van der Waals surface area contributed by atoms with Crippen LogP contribution in [0, 0.1) is 5.92 Å². The number of hydrogen-bond donors (Lipinski definition) is 2. The lowest BCUT2D eigenvalue weighted by Crippen LogP contribution is -2.18. The highest BCUT2D eigenvalue weighted by Crippen LogP contribution is 2.24. The number of aromatic amines is 1. The van der Waals surface area contributed by atoms with Crippen LogP contribution in [0.3, 0.4) is 0 Å². The molecule has 0 aliphatic rings. The van der Waals surface area contributed by atoms with E-state index in [1.54, 1.807) is 18.2 Å². The zero-order chi connectivity index (χ0) is 13.5. The molecular weight excluding hydrogens is 250 g/mol. The number of imidazole rings is 1. The molecule has 0 aliphatic carbocycles. The molecule has 0 bridgehead atoms. The lowest BCUT2D eigenvalue weighted by Gasteiger charge is -2.11. The Balaban J connectivity index is 2.66. The summed E-state index contributed by atoms with van der Waals surface area (Å²) >= 11 is 0. The van der Waals surface area contributed by atoms with E-state index in [1.807, 2.05) is 13.8 Å². The molecule has 1 heterocycles. The van der Waals surface area contributed by atoms with Crippen LogP contribution >= 0.6 is 0 Å². The van der Waals surface area contributed by atoms with Crippen molar-refractivity contribution in [3.05, 3.63) is 24.0 Å². The maximum Gasteiger partial charge on any atom is 0.177 e. The summed E-state index contributed by atoms with van der Waals surface area (Å²) in [7, 11) is -3.29. The number of aromatic nitrogens is 2. The summed E-state index contributed by atoms with van der Waals surface area (Å²) in [6.45, 7) is 3.99. The van der Waals surface area contributed by atoms with Gasteiger partial charge < -0.3 is 10.7 Å². The van der Waals surface area contributed by atoms with Gasteiger partial charge in [-0.3, -0.25) is 0 Å². The van der Waals surface area contributed by atoms with Crippen molar-refractivity contribution < 1.29 is 8.42 Å². The first kappa shape index (κ1) is 13.0. The van der Waals surface area contributed by atoms with Gasteiger partial charge in [-0.2, -0.15) is 0 Å².